The van der Waals surface area contributed by atoms with Crippen LogP contribution in [0.25, 0.3) is 5.69 Å². The molecule has 202 valence electrons. The number of fused-ring (bicyclic) bond motifs is 1. The molecule has 0 aliphatic carbocycles. The molecule has 8 heteroatoms. The predicted octanol–water partition coefficient (Wildman–Crippen LogP) is 5.87. The second kappa shape index (κ2) is 10.8. The van der Waals surface area contributed by atoms with Crippen molar-refractivity contribution in [1.29, 1.82) is 0 Å². The van der Waals surface area contributed by atoms with E-state index >= 15 is 0 Å². The van der Waals surface area contributed by atoms with Gasteiger partial charge in [-0.3, -0.25) is 14.5 Å². The summed E-state index contributed by atoms with van der Waals surface area (Å²) in [6, 6.07) is 20.1. The predicted molar refractivity (Wildman–Crippen MR) is 155 cm³/mol. The van der Waals surface area contributed by atoms with Gasteiger partial charge in [0.15, 0.2) is 0 Å². The van der Waals surface area contributed by atoms with E-state index in [0.29, 0.717) is 11.6 Å². The van der Waals surface area contributed by atoms with Gasteiger partial charge in [-0.25, -0.2) is 4.68 Å². The number of rotatable bonds is 6. The van der Waals surface area contributed by atoms with Crippen LogP contribution in [0.2, 0.25) is 0 Å². The third-order valence-electron chi connectivity index (χ3n) is 6.76. The van der Waals surface area contributed by atoms with E-state index in [1.54, 1.807) is 35.1 Å². The molecule has 2 aromatic heterocycles. The average Bonchev–Trinajstić information content (AvgIpc) is 3.52. The second-order valence-corrected chi connectivity index (χ2v) is 12.1. The number of aromatic nitrogens is 2. The van der Waals surface area contributed by atoms with Crippen LogP contribution in [-0.4, -0.2) is 33.9 Å². The van der Waals surface area contributed by atoms with Crippen LogP contribution in [0, 0.1) is 13.8 Å². The first kappa shape index (κ1) is 26.8. The van der Waals surface area contributed by atoms with Crippen LogP contribution in [0.3, 0.4) is 0 Å². The standard InChI is InChI=1S/C31H34N4O3S/c1-20-11-13-23(14-12-20)35-30-27(29(33-35)31(3,4)5)28(22-9-6-8-21(2)16-22)39-19-26(37)34(30)18-25(36)32-17-24-10-7-15-38-24/h6-16,28H,17-19H2,1-5H3,(H,32,36). The number of carbonyl (C=O) groups is 2. The lowest BCUT2D eigenvalue weighted by Crippen LogP contribution is -2.42. The molecule has 39 heavy (non-hydrogen) atoms. The lowest BCUT2D eigenvalue weighted by Gasteiger charge is -2.24. The Bertz CT molecular complexity index is 1480. The summed E-state index contributed by atoms with van der Waals surface area (Å²) in [7, 11) is 0. The summed E-state index contributed by atoms with van der Waals surface area (Å²) in [6.07, 6.45) is 1.57. The van der Waals surface area contributed by atoms with Gasteiger partial charge < -0.3 is 9.73 Å². The zero-order chi connectivity index (χ0) is 27.7. The van der Waals surface area contributed by atoms with Crippen LogP contribution < -0.4 is 10.2 Å². The van der Waals surface area contributed by atoms with Crippen molar-refractivity contribution in [3.05, 3.63) is 101 Å². The molecular weight excluding hydrogens is 508 g/mol. The van der Waals surface area contributed by atoms with E-state index in [-0.39, 0.29) is 41.3 Å². The summed E-state index contributed by atoms with van der Waals surface area (Å²) in [6.45, 7) is 10.7. The molecule has 1 N–H and O–H groups in total. The lowest BCUT2D eigenvalue weighted by atomic mass is 9.87. The Labute approximate surface area is 233 Å². The van der Waals surface area contributed by atoms with E-state index < -0.39 is 0 Å². The number of aryl methyl sites for hydroxylation is 2. The van der Waals surface area contributed by atoms with Crippen molar-refractivity contribution in [1.82, 2.24) is 15.1 Å². The van der Waals surface area contributed by atoms with Gasteiger partial charge >= 0.3 is 0 Å². The molecule has 2 amide bonds. The van der Waals surface area contributed by atoms with Crippen molar-refractivity contribution < 1.29 is 14.0 Å². The number of amides is 2. The maximum atomic E-state index is 13.8. The molecule has 1 atom stereocenters. The Morgan fingerprint density at radius 2 is 1.85 bits per heavy atom. The van der Waals surface area contributed by atoms with Gasteiger partial charge in [0.2, 0.25) is 11.8 Å². The van der Waals surface area contributed by atoms with E-state index in [4.69, 9.17) is 9.52 Å². The Balaban J connectivity index is 1.67. The van der Waals surface area contributed by atoms with Gasteiger partial charge in [0.25, 0.3) is 0 Å². The summed E-state index contributed by atoms with van der Waals surface area (Å²) >= 11 is 1.59. The molecule has 2 aromatic carbocycles. The van der Waals surface area contributed by atoms with Crippen LogP contribution in [0.15, 0.2) is 71.3 Å². The third-order valence-corrected chi connectivity index (χ3v) is 8.02. The number of hydrogen-bond acceptors (Lipinski definition) is 5. The lowest BCUT2D eigenvalue weighted by molar-refractivity contribution is -0.123. The van der Waals surface area contributed by atoms with Gasteiger partial charge in [0.05, 0.1) is 35.2 Å². The minimum Gasteiger partial charge on any atom is -0.467 e. The van der Waals surface area contributed by atoms with Crippen LogP contribution in [0.1, 0.15) is 59.7 Å². The Morgan fingerprint density at radius 3 is 2.51 bits per heavy atom. The number of thioether (sulfide) groups is 1. The first-order valence-electron chi connectivity index (χ1n) is 13.1. The maximum absolute atomic E-state index is 13.8. The maximum Gasteiger partial charge on any atom is 0.240 e. The van der Waals surface area contributed by atoms with Crippen molar-refractivity contribution in [2.75, 3.05) is 17.2 Å². The zero-order valence-electron chi connectivity index (χ0n) is 23.0. The molecular formula is C31H34N4O3S. The number of nitrogens with zero attached hydrogens (tertiary/aromatic N) is 3. The first-order valence-corrected chi connectivity index (χ1v) is 14.1. The Hall–Kier alpha value is -3.78. The summed E-state index contributed by atoms with van der Waals surface area (Å²) < 4.78 is 7.21. The molecule has 0 radical (unpaired) electrons. The van der Waals surface area contributed by atoms with E-state index in [2.05, 4.69) is 57.3 Å². The highest BCUT2D eigenvalue weighted by Crippen LogP contribution is 2.48. The quantitative estimate of drug-likeness (QED) is 0.330. The summed E-state index contributed by atoms with van der Waals surface area (Å²) in [5, 5.41) is 7.92. The van der Waals surface area contributed by atoms with Gasteiger partial charge in [-0.15, -0.1) is 11.8 Å². The van der Waals surface area contributed by atoms with E-state index in [1.807, 2.05) is 35.9 Å². The molecule has 0 fully saturated rings. The molecule has 7 nitrogen and oxygen atoms in total. The Morgan fingerprint density at radius 1 is 1.08 bits per heavy atom. The fourth-order valence-corrected chi connectivity index (χ4v) is 6.02. The molecule has 4 aromatic rings. The number of furan rings is 1. The monoisotopic (exact) mass is 542 g/mol. The minimum absolute atomic E-state index is 0.116. The highest BCUT2D eigenvalue weighted by molar-refractivity contribution is 8.00. The van der Waals surface area contributed by atoms with Gasteiger partial charge in [-0.2, -0.15) is 5.10 Å². The van der Waals surface area contributed by atoms with E-state index in [9.17, 15) is 9.59 Å². The number of hydrogen-bond donors (Lipinski definition) is 1. The van der Waals surface area contributed by atoms with Crippen molar-refractivity contribution in [3.63, 3.8) is 0 Å². The molecule has 0 spiro atoms. The molecule has 0 saturated carbocycles. The number of anilines is 1. The molecule has 0 saturated heterocycles. The van der Waals surface area contributed by atoms with Crippen LogP contribution >= 0.6 is 11.8 Å². The molecule has 1 unspecified atom stereocenters. The molecule has 3 heterocycles. The van der Waals surface area contributed by atoms with Crippen LogP contribution in [-0.2, 0) is 21.5 Å². The average molecular weight is 543 g/mol. The minimum atomic E-state index is -0.302. The van der Waals surface area contributed by atoms with Crippen molar-refractivity contribution >= 4 is 29.4 Å². The largest absolute Gasteiger partial charge is 0.467 e. The fourth-order valence-electron chi connectivity index (χ4n) is 4.83. The first-order chi connectivity index (χ1) is 18.6. The van der Waals surface area contributed by atoms with Gasteiger partial charge in [-0.1, -0.05) is 68.3 Å². The highest BCUT2D eigenvalue weighted by atomic mass is 32.2. The number of carbonyl (C=O) groups excluding carboxylic acids is 2. The van der Waals surface area contributed by atoms with Crippen molar-refractivity contribution in [2.24, 2.45) is 0 Å². The Kier molecular flexibility index (Phi) is 7.40. The van der Waals surface area contributed by atoms with E-state index in [1.165, 1.54) is 0 Å². The molecule has 1 aliphatic heterocycles. The molecule has 5 rings (SSSR count). The smallest absolute Gasteiger partial charge is 0.240 e. The van der Waals surface area contributed by atoms with Gasteiger partial charge in [0.1, 0.15) is 18.1 Å². The zero-order valence-corrected chi connectivity index (χ0v) is 23.8. The fraction of sp³-hybridized carbons (Fsp3) is 0.323. The van der Waals surface area contributed by atoms with Crippen LogP contribution in [0.5, 0.6) is 0 Å². The molecule has 0 bridgehead atoms. The SMILES string of the molecule is Cc1ccc(-n2nc(C(C)(C)C)c3c2N(CC(=O)NCc2ccco2)C(=O)CSC3c2cccc(C)c2)cc1. The van der Waals surface area contributed by atoms with Gasteiger partial charge in [0, 0.05) is 11.0 Å². The topological polar surface area (TPSA) is 80.4 Å². The summed E-state index contributed by atoms with van der Waals surface area (Å²) in [5.74, 6) is 1.16. The van der Waals surface area contributed by atoms with Crippen molar-refractivity contribution in [2.45, 2.75) is 51.8 Å². The third kappa shape index (κ3) is 5.66. The normalized spacial score (nSPS) is 15.7. The van der Waals surface area contributed by atoms with Gasteiger partial charge in [-0.05, 0) is 43.7 Å². The molecule has 1 aliphatic rings. The number of nitrogens with one attached hydrogen (secondary N) is 1. The summed E-state index contributed by atoms with van der Waals surface area (Å²) in [4.78, 5) is 28.5. The highest BCUT2D eigenvalue weighted by Gasteiger charge is 2.39. The van der Waals surface area contributed by atoms with Crippen molar-refractivity contribution in [3.8, 4) is 5.69 Å². The number of benzene rings is 2. The van der Waals surface area contributed by atoms with E-state index in [0.717, 1.165) is 33.6 Å². The van der Waals surface area contributed by atoms with Crippen LogP contribution in [0.4, 0.5) is 5.82 Å². The summed E-state index contributed by atoms with van der Waals surface area (Å²) in [5.41, 5.74) is 5.83. The second-order valence-electron chi connectivity index (χ2n) is 11.0.